The van der Waals surface area contributed by atoms with E-state index in [0.717, 1.165) is 18.4 Å². The summed E-state index contributed by atoms with van der Waals surface area (Å²) in [7, 11) is 0. The van der Waals surface area contributed by atoms with Crippen molar-refractivity contribution in [2.24, 2.45) is 0 Å². The van der Waals surface area contributed by atoms with E-state index >= 15 is 0 Å². The molecule has 0 saturated heterocycles. The molecule has 0 unspecified atom stereocenters. The van der Waals surface area contributed by atoms with Crippen molar-refractivity contribution in [1.82, 2.24) is 5.73 Å². The van der Waals surface area contributed by atoms with Gasteiger partial charge in [-0.05, 0) is 18.4 Å². The molecule has 1 fully saturated rings. The van der Waals surface area contributed by atoms with Crippen molar-refractivity contribution in [3.8, 4) is 0 Å². The highest BCUT2D eigenvalue weighted by atomic mass is 16.5. The first-order valence-corrected chi connectivity index (χ1v) is 5.67. The summed E-state index contributed by atoms with van der Waals surface area (Å²) in [5.41, 5.74) is 7.97. The van der Waals surface area contributed by atoms with Gasteiger partial charge in [0.05, 0.1) is 0 Å². The quantitative estimate of drug-likeness (QED) is 0.731. The van der Waals surface area contributed by atoms with Crippen molar-refractivity contribution in [1.29, 1.82) is 0 Å². The summed E-state index contributed by atoms with van der Waals surface area (Å²) in [6, 6.07) is 9.58. The molecule has 0 bridgehead atoms. The summed E-state index contributed by atoms with van der Waals surface area (Å²) in [5, 5.41) is 0. The molecular weight excluding hydrogens is 202 g/mol. The summed E-state index contributed by atoms with van der Waals surface area (Å²) >= 11 is 0. The van der Waals surface area contributed by atoms with Gasteiger partial charge in [-0.1, -0.05) is 43.2 Å². The molecule has 0 amide bonds. The SMILES string of the molecule is [NH]C1(C(=O)OCc2ccccc2)CCCC1. The molecule has 1 aliphatic carbocycles. The predicted molar refractivity (Wildman–Crippen MR) is 60.5 cm³/mol. The summed E-state index contributed by atoms with van der Waals surface area (Å²) < 4.78 is 5.19. The molecule has 85 valence electrons. The number of nitrogens with one attached hydrogen (secondary N) is 1. The van der Waals surface area contributed by atoms with Crippen LogP contribution in [0.25, 0.3) is 0 Å². The average Bonchev–Trinajstić information content (AvgIpc) is 2.76. The van der Waals surface area contributed by atoms with E-state index in [2.05, 4.69) is 0 Å². The van der Waals surface area contributed by atoms with Crippen LogP contribution in [0.2, 0.25) is 0 Å². The fourth-order valence-corrected chi connectivity index (χ4v) is 2.04. The van der Waals surface area contributed by atoms with Gasteiger partial charge in [0, 0.05) is 0 Å². The maximum absolute atomic E-state index is 11.7. The maximum Gasteiger partial charge on any atom is 0.327 e. The van der Waals surface area contributed by atoms with Crippen LogP contribution >= 0.6 is 0 Å². The van der Waals surface area contributed by atoms with Gasteiger partial charge < -0.3 is 4.74 Å². The van der Waals surface area contributed by atoms with Crippen LogP contribution in [-0.2, 0) is 16.1 Å². The first-order chi connectivity index (χ1) is 7.71. The van der Waals surface area contributed by atoms with Gasteiger partial charge in [-0.15, -0.1) is 0 Å². The Kier molecular flexibility index (Phi) is 3.25. The van der Waals surface area contributed by atoms with Crippen molar-refractivity contribution in [3.63, 3.8) is 0 Å². The van der Waals surface area contributed by atoms with Crippen molar-refractivity contribution in [3.05, 3.63) is 35.9 Å². The molecule has 1 saturated carbocycles. The van der Waals surface area contributed by atoms with Crippen LogP contribution in [0, 0.1) is 0 Å². The van der Waals surface area contributed by atoms with E-state index in [1.807, 2.05) is 30.3 Å². The van der Waals surface area contributed by atoms with Crippen LogP contribution in [0.5, 0.6) is 0 Å². The molecule has 0 atom stereocenters. The van der Waals surface area contributed by atoms with Gasteiger partial charge in [-0.3, -0.25) is 0 Å². The molecule has 0 spiro atoms. The highest BCUT2D eigenvalue weighted by molar-refractivity contribution is 5.80. The molecule has 0 aromatic heterocycles. The Hall–Kier alpha value is -1.35. The van der Waals surface area contributed by atoms with Crippen LogP contribution in [0.1, 0.15) is 31.2 Å². The number of ether oxygens (including phenoxy) is 1. The van der Waals surface area contributed by atoms with Crippen molar-refractivity contribution < 1.29 is 9.53 Å². The summed E-state index contributed by atoms with van der Waals surface area (Å²) in [4.78, 5) is 11.7. The van der Waals surface area contributed by atoms with E-state index in [9.17, 15) is 4.79 Å². The minimum absolute atomic E-state index is 0.278. The van der Waals surface area contributed by atoms with E-state index < -0.39 is 5.54 Å². The molecule has 1 aliphatic rings. The Balaban J connectivity index is 1.89. The first kappa shape index (κ1) is 11.1. The lowest BCUT2D eigenvalue weighted by Gasteiger charge is -2.19. The number of carbonyl (C=O) groups is 1. The normalized spacial score (nSPS) is 18.3. The minimum atomic E-state index is -0.977. The molecule has 16 heavy (non-hydrogen) atoms. The molecule has 1 radical (unpaired) electrons. The Morgan fingerprint density at radius 3 is 2.50 bits per heavy atom. The lowest BCUT2D eigenvalue weighted by atomic mass is 10.00. The zero-order valence-corrected chi connectivity index (χ0v) is 9.24. The molecule has 2 rings (SSSR count). The van der Waals surface area contributed by atoms with Gasteiger partial charge >= 0.3 is 5.97 Å². The van der Waals surface area contributed by atoms with Gasteiger partial charge in [0.2, 0.25) is 0 Å². The van der Waals surface area contributed by atoms with Crippen molar-refractivity contribution in [2.45, 2.75) is 37.8 Å². The molecule has 0 aliphatic heterocycles. The van der Waals surface area contributed by atoms with Crippen molar-refractivity contribution >= 4 is 5.97 Å². The van der Waals surface area contributed by atoms with E-state index in [1.165, 1.54) is 0 Å². The monoisotopic (exact) mass is 218 g/mol. The maximum atomic E-state index is 11.7. The van der Waals surface area contributed by atoms with E-state index in [1.54, 1.807) is 0 Å². The summed E-state index contributed by atoms with van der Waals surface area (Å²) in [6.45, 7) is 0.278. The van der Waals surface area contributed by atoms with Gasteiger partial charge in [0.25, 0.3) is 0 Å². The smallest absolute Gasteiger partial charge is 0.327 e. The number of hydrogen-bond donors (Lipinski definition) is 0. The number of hydrogen-bond acceptors (Lipinski definition) is 2. The standard InChI is InChI=1S/C13H16NO2/c14-13(8-4-5-9-13)12(15)16-10-11-6-2-1-3-7-11/h1-3,6-7,14H,4-5,8-10H2. The molecular formula is C13H16NO2. The molecule has 1 N–H and O–H groups in total. The third-order valence-corrected chi connectivity index (χ3v) is 3.06. The van der Waals surface area contributed by atoms with E-state index in [4.69, 9.17) is 10.5 Å². The lowest BCUT2D eigenvalue weighted by molar-refractivity contribution is -0.151. The minimum Gasteiger partial charge on any atom is -0.459 e. The van der Waals surface area contributed by atoms with E-state index in [-0.39, 0.29) is 12.6 Å². The predicted octanol–water partition coefficient (Wildman–Crippen LogP) is 2.33. The largest absolute Gasteiger partial charge is 0.459 e. The fourth-order valence-electron chi connectivity index (χ4n) is 2.04. The molecule has 1 aromatic rings. The van der Waals surface area contributed by atoms with Crippen LogP contribution in [0.3, 0.4) is 0 Å². The second-order valence-electron chi connectivity index (χ2n) is 4.35. The number of benzene rings is 1. The van der Waals surface area contributed by atoms with Crippen LogP contribution in [0.4, 0.5) is 0 Å². The van der Waals surface area contributed by atoms with Crippen LogP contribution in [-0.4, -0.2) is 11.5 Å². The third-order valence-electron chi connectivity index (χ3n) is 3.06. The zero-order chi connectivity index (χ0) is 11.4. The van der Waals surface area contributed by atoms with Gasteiger partial charge in [-0.2, -0.15) is 0 Å². The number of rotatable bonds is 3. The Morgan fingerprint density at radius 1 is 1.25 bits per heavy atom. The highest BCUT2D eigenvalue weighted by Gasteiger charge is 2.39. The Labute approximate surface area is 95.6 Å². The van der Waals surface area contributed by atoms with Gasteiger partial charge in [-0.25, -0.2) is 10.5 Å². The van der Waals surface area contributed by atoms with Gasteiger partial charge in [0.15, 0.2) is 0 Å². The average molecular weight is 218 g/mol. The highest BCUT2D eigenvalue weighted by Crippen LogP contribution is 2.30. The van der Waals surface area contributed by atoms with Gasteiger partial charge in [0.1, 0.15) is 12.1 Å². The van der Waals surface area contributed by atoms with Crippen LogP contribution in [0.15, 0.2) is 30.3 Å². The second kappa shape index (κ2) is 4.66. The van der Waals surface area contributed by atoms with E-state index in [0.29, 0.717) is 12.8 Å². The second-order valence-corrected chi connectivity index (χ2v) is 4.35. The van der Waals surface area contributed by atoms with Crippen LogP contribution < -0.4 is 5.73 Å². The number of esters is 1. The Morgan fingerprint density at radius 2 is 1.88 bits per heavy atom. The topological polar surface area (TPSA) is 50.1 Å². The molecule has 0 heterocycles. The Bertz CT molecular complexity index is 355. The fraction of sp³-hybridized carbons (Fsp3) is 0.462. The molecule has 1 aromatic carbocycles. The summed E-state index contributed by atoms with van der Waals surface area (Å²) in [6.07, 6.45) is 3.20. The third kappa shape index (κ3) is 2.42. The molecule has 3 heteroatoms. The molecule has 3 nitrogen and oxygen atoms in total. The summed E-state index contributed by atoms with van der Waals surface area (Å²) in [5.74, 6) is -0.367. The first-order valence-electron chi connectivity index (χ1n) is 5.67. The lowest BCUT2D eigenvalue weighted by Crippen LogP contribution is -2.38. The number of carbonyl (C=O) groups excluding carboxylic acids is 1. The van der Waals surface area contributed by atoms with Crippen molar-refractivity contribution in [2.75, 3.05) is 0 Å². The zero-order valence-electron chi connectivity index (χ0n) is 9.24.